The Morgan fingerprint density at radius 1 is 1.09 bits per heavy atom. The number of nitrogens with zero attached hydrogens (tertiary/aromatic N) is 5. The molecule has 10 heteroatoms. The molecule has 0 unspecified atom stereocenters. The molecule has 0 aliphatic carbocycles. The van der Waals surface area contributed by atoms with E-state index in [9.17, 15) is 13.6 Å². The summed E-state index contributed by atoms with van der Waals surface area (Å²) in [5.41, 5.74) is 1.84. The average Bonchev–Trinajstić information content (AvgIpc) is 3.32. The molecule has 0 spiro atoms. The lowest BCUT2D eigenvalue weighted by Gasteiger charge is -2.15. The number of halogens is 2. The minimum atomic E-state index is -3.03. The standard InChI is InChI=1S/C25H22F2N6O2/c1-25(26,27)21-10-8-17(14-28-21)16-7-9-20-18(13-16)24(34)31-22-6-4-5-19(30-22)23-32-29-15-33(23)11-2-3-12-35-20/h4-10,13-15H,2-3,11-12H2,1H3,(H,30,31,34). The van der Waals surface area contributed by atoms with Crippen molar-refractivity contribution in [2.75, 3.05) is 11.9 Å². The van der Waals surface area contributed by atoms with E-state index in [1.165, 1.54) is 12.3 Å². The molecule has 35 heavy (non-hydrogen) atoms. The monoisotopic (exact) mass is 476 g/mol. The zero-order valence-corrected chi connectivity index (χ0v) is 18.9. The molecule has 178 valence electrons. The normalized spacial score (nSPS) is 14.2. The van der Waals surface area contributed by atoms with Crippen molar-refractivity contribution in [1.82, 2.24) is 24.7 Å². The minimum Gasteiger partial charge on any atom is -0.493 e. The van der Waals surface area contributed by atoms with Gasteiger partial charge in [-0.05, 0) is 48.7 Å². The Morgan fingerprint density at radius 3 is 2.74 bits per heavy atom. The van der Waals surface area contributed by atoms with Gasteiger partial charge >= 0.3 is 0 Å². The first-order chi connectivity index (χ1) is 16.9. The molecule has 8 nitrogen and oxygen atoms in total. The van der Waals surface area contributed by atoms with Crippen molar-refractivity contribution >= 4 is 11.7 Å². The van der Waals surface area contributed by atoms with E-state index in [0.29, 0.717) is 52.9 Å². The third kappa shape index (κ3) is 4.86. The number of pyridine rings is 2. The smallest absolute Gasteiger partial charge is 0.286 e. The lowest BCUT2D eigenvalue weighted by Crippen LogP contribution is -2.16. The second-order valence-electron chi connectivity index (χ2n) is 8.30. The molecule has 5 rings (SSSR count). The first-order valence-corrected chi connectivity index (χ1v) is 11.2. The van der Waals surface area contributed by atoms with E-state index in [2.05, 4.69) is 25.5 Å². The molecule has 1 aliphatic heterocycles. The van der Waals surface area contributed by atoms with Crippen LogP contribution < -0.4 is 10.1 Å². The van der Waals surface area contributed by atoms with Gasteiger partial charge in [0.25, 0.3) is 11.8 Å². The highest BCUT2D eigenvalue weighted by molar-refractivity contribution is 6.06. The van der Waals surface area contributed by atoms with Crippen LogP contribution >= 0.6 is 0 Å². The van der Waals surface area contributed by atoms with Gasteiger partial charge in [0.1, 0.15) is 29.3 Å². The highest BCUT2D eigenvalue weighted by Crippen LogP contribution is 2.30. The number of alkyl halides is 2. The number of ether oxygens (including phenoxy) is 1. The number of hydrogen-bond donors (Lipinski definition) is 1. The highest BCUT2D eigenvalue weighted by atomic mass is 19.3. The van der Waals surface area contributed by atoms with E-state index in [1.807, 2.05) is 10.6 Å². The molecular formula is C25H22F2N6O2. The van der Waals surface area contributed by atoms with Crippen molar-refractivity contribution in [2.24, 2.45) is 0 Å². The van der Waals surface area contributed by atoms with Gasteiger partial charge in [-0.3, -0.25) is 9.78 Å². The van der Waals surface area contributed by atoms with E-state index in [-0.39, 0.29) is 5.69 Å². The lowest BCUT2D eigenvalue weighted by atomic mass is 10.0. The van der Waals surface area contributed by atoms with Gasteiger partial charge in [-0.25, -0.2) is 4.98 Å². The molecule has 0 radical (unpaired) electrons. The van der Waals surface area contributed by atoms with Crippen LogP contribution in [0.2, 0.25) is 0 Å². The van der Waals surface area contributed by atoms with Crippen molar-refractivity contribution < 1.29 is 18.3 Å². The number of carbonyl (C=O) groups excluding carboxylic acids is 1. The maximum atomic E-state index is 13.5. The van der Waals surface area contributed by atoms with Crippen LogP contribution in [0.5, 0.6) is 5.75 Å². The van der Waals surface area contributed by atoms with Crippen molar-refractivity contribution in [3.8, 4) is 28.4 Å². The van der Waals surface area contributed by atoms with Crippen LogP contribution in [0.25, 0.3) is 22.6 Å². The van der Waals surface area contributed by atoms with Crippen LogP contribution in [0.3, 0.4) is 0 Å². The molecule has 4 heterocycles. The largest absolute Gasteiger partial charge is 0.493 e. The van der Waals surface area contributed by atoms with Gasteiger partial charge in [0.15, 0.2) is 5.82 Å². The molecule has 2 bridgehead atoms. The molecule has 4 aromatic rings. The maximum absolute atomic E-state index is 13.5. The SMILES string of the molecule is CC(F)(F)c1ccc(-c2ccc3c(c2)C(=O)Nc2cccc(n2)-c2nncn2CCCCO3)cn1. The molecule has 1 aromatic carbocycles. The fourth-order valence-corrected chi connectivity index (χ4v) is 3.83. The van der Waals surface area contributed by atoms with Gasteiger partial charge < -0.3 is 14.6 Å². The Labute approximate surface area is 200 Å². The van der Waals surface area contributed by atoms with E-state index in [4.69, 9.17) is 4.74 Å². The summed E-state index contributed by atoms with van der Waals surface area (Å²) in [5.74, 6) is -2.04. The molecular weight excluding hydrogens is 454 g/mol. The van der Waals surface area contributed by atoms with Crippen LogP contribution in [-0.4, -0.2) is 37.2 Å². The predicted octanol–water partition coefficient (Wildman–Crippen LogP) is 4.94. The third-order valence-corrected chi connectivity index (χ3v) is 5.66. The second kappa shape index (κ2) is 9.21. The predicted molar refractivity (Wildman–Crippen MR) is 125 cm³/mol. The number of aromatic nitrogens is 5. The van der Waals surface area contributed by atoms with Gasteiger partial charge in [0.2, 0.25) is 0 Å². The highest BCUT2D eigenvalue weighted by Gasteiger charge is 2.26. The Morgan fingerprint density at radius 2 is 1.94 bits per heavy atom. The summed E-state index contributed by atoms with van der Waals surface area (Å²) in [4.78, 5) is 21.7. The summed E-state index contributed by atoms with van der Waals surface area (Å²) >= 11 is 0. The summed E-state index contributed by atoms with van der Waals surface area (Å²) in [5, 5.41) is 11.0. The van der Waals surface area contributed by atoms with Crippen LogP contribution in [0, 0.1) is 0 Å². The Balaban J connectivity index is 1.50. The number of rotatable bonds is 2. The summed E-state index contributed by atoms with van der Waals surface area (Å²) < 4.78 is 35.0. The van der Waals surface area contributed by atoms with E-state index in [1.54, 1.807) is 42.7 Å². The number of anilines is 1. The number of nitrogens with one attached hydrogen (secondary N) is 1. The zero-order valence-electron chi connectivity index (χ0n) is 18.9. The number of amides is 1. The van der Waals surface area contributed by atoms with Crippen molar-refractivity contribution in [2.45, 2.75) is 32.2 Å². The minimum absolute atomic E-state index is 0.305. The zero-order chi connectivity index (χ0) is 24.4. The second-order valence-corrected chi connectivity index (χ2v) is 8.30. The Kier molecular flexibility index (Phi) is 5.94. The third-order valence-electron chi connectivity index (χ3n) is 5.66. The van der Waals surface area contributed by atoms with E-state index in [0.717, 1.165) is 19.8 Å². The molecule has 0 saturated heterocycles. The molecule has 1 amide bonds. The quantitative estimate of drug-likeness (QED) is 0.440. The number of aryl methyl sites for hydroxylation is 1. The Hall–Kier alpha value is -4.21. The fourth-order valence-electron chi connectivity index (χ4n) is 3.83. The molecule has 3 aromatic heterocycles. The molecule has 0 atom stereocenters. The van der Waals surface area contributed by atoms with Gasteiger partial charge in [-0.1, -0.05) is 18.2 Å². The first-order valence-electron chi connectivity index (χ1n) is 11.2. The number of carbonyl (C=O) groups is 1. The van der Waals surface area contributed by atoms with E-state index >= 15 is 0 Å². The number of fused-ring (bicyclic) bond motifs is 5. The van der Waals surface area contributed by atoms with Gasteiger partial charge in [-0.15, -0.1) is 10.2 Å². The molecule has 0 saturated carbocycles. The van der Waals surface area contributed by atoms with Crippen LogP contribution in [0.4, 0.5) is 14.6 Å². The fraction of sp³-hybridized carbons (Fsp3) is 0.240. The molecule has 0 fully saturated rings. The van der Waals surface area contributed by atoms with Crippen LogP contribution in [0.15, 0.2) is 61.1 Å². The van der Waals surface area contributed by atoms with Gasteiger partial charge in [0, 0.05) is 25.2 Å². The van der Waals surface area contributed by atoms with Crippen molar-refractivity contribution in [3.05, 3.63) is 72.3 Å². The molecule has 1 aliphatic rings. The first kappa shape index (κ1) is 22.6. The summed E-state index contributed by atoms with van der Waals surface area (Å²) in [6.45, 7) is 1.92. The van der Waals surface area contributed by atoms with Crippen LogP contribution in [-0.2, 0) is 12.5 Å². The summed E-state index contributed by atoms with van der Waals surface area (Å²) in [7, 11) is 0. The van der Waals surface area contributed by atoms with E-state index < -0.39 is 11.8 Å². The topological polar surface area (TPSA) is 94.8 Å². The molecule has 1 N–H and O–H groups in total. The average molecular weight is 476 g/mol. The van der Waals surface area contributed by atoms with Crippen LogP contribution in [0.1, 0.15) is 35.8 Å². The van der Waals surface area contributed by atoms with Gasteiger partial charge in [-0.2, -0.15) is 8.78 Å². The lowest BCUT2D eigenvalue weighted by molar-refractivity contribution is 0.0128. The Bertz CT molecular complexity index is 1370. The van der Waals surface area contributed by atoms with Crippen molar-refractivity contribution in [3.63, 3.8) is 0 Å². The van der Waals surface area contributed by atoms with Gasteiger partial charge in [0.05, 0.1) is 12.2 Å². The summed E-state index contributed by atoms with van der Waals surface area (Å²) in [6.07, 6.45) is 4.61. The summed E-state index contributed by atoms with van der Waals surface area (Å²) in [6, 6.07) is 13.3. The number of hydrogen-bond acceptors (Lipinski definition) is 6. The number of benzene rings is 1. The van der Waals surface area contributed by atoms with Crippen molar-refractivity contribution in [1.29, 1.82) is 0 Å². The maximum Gasteiger partial charge on any atom is 0.286 e.